The molecule has 0 radical (unpaired) electrons. The molecule has 3 aromatic rings. The van der Waals surface area contributed by atoms with Crippen LogP contribution < -0.4 is 4.74 Å². The molecule has 5 heteroatoms. The smallest absolute Gasteiger partial charge is 0.147 e. The SMILES string of the molecule is COc1cnc([C@@H](CO)OC)c2[nH]c3ccccc3c12. The van der Waals surface area contributed by atoms with Crippen LogP contribution in [0.1, 0.15) is 11.8 Å². The van der Waals surface area contributed by atoms with Crippen molar-refractivity contribution in [3.8, 4) is 5.75 Å². The molecule has 0 aliphatic rings. The highest BCUT2D eigenvalue weighted by atomic mass is 16.5. The van der Waals surface area contributed by atoms with E-state index in [1.165, 1.54) is 0 Å². The van der Waals surface area contributed by atoms with Gasteiger partial charge in [0.1, 0.15) is 11.9 Å². The zero-order valence-electron chi connectivity index (χ0n) is 11.4. The van der Waals surface area contributed by atoms with Gasteiger partial charge in [-0.15, -0.1) is 0 Å². The van der Waals surface area contributed by atoms with E-state index in [2.05, 4.69) is 9.97 Å². The lowest BCUT2D eigenvalue weighted by Gasteiger charge is -2.13. The standard InChI is InChI=1S/C15H16N2O3/c1-19-11-7-16-14(12(8-18)20-2)15-13(11)9-5-3-4-6-10(9)17-15/h3-7,12,17-18H,8H2,1-2H3/t12-/m1/s1. The minimum Gasteiger partial charge on any atom is -0.494 e. The lowest BCUT2D eigenvalue weighted by molar-refractivity contribution is 0.0464. The molecule has 0 aliphatic carbocycles. The maximum absolute atomic E-state index is 9.43. The highest BCUT2D eigenvalue weighted by Crippen LogP contribution is 2.36. The number of aliphatic hydroxyl groups is 1. The van der Waals surface area contributed by atoms with Crippen molar-refractivity contribution in [1.82, 2.24) is 9.97 Å². The summed E-state index contributed by atoms with van der Waals surface area (Å²) in [5.74, 6) is 0.703. The summed E-state index contributed by atoms with van der Waals surface area (Å²) in [6, 6.07) is 7.98. The second kappa shape index (κ2) is 5.11. The molecule has 0 aliphatic heterocycles. The van der Waals surface area contributed by atoms with Crippen LogP contribution in [0.15, 0.2) is 30.5 Å². The molecule has 0 bridgehead atoms. The van der Waals surface area contributed by atoms with Crippen LogP contribution in [0.2, 0.25) is 0 Å². The number of rotatable bonds is 4. The summed E-state index contributed by atoms with van der Waals surface area (Å²) in [7, 11) is 3.18. The second-order valence-electron chi connectivity index (χ2n) is 4.54. The summed E-state index contributed by atoms with van der Waals surface area (Å²) in [5, 5.41) is 11.5. The first-order valence-corrected chi connectivity index (χ1v) is 6.37. The van der Waals surface area contributed by atoms with Crippen molar-refractivity contribution in [2.45, 2.75) is 6.10 Å². The zero-order valence-corrected chi connectivity index (χ0v) is 11.4. The van der Waals surface area contributed by atoms with Crippen molar-refractivity contribution in [2.75, 3.05) is 20.8 Å². The molecule has 5 nitrogen and oxygen atoms in total. The van der Waals surface area contributed by atoms with Crippen molar-refractivity contribution in [3.63, 3.8) is 0 Å². The molecular weight excluding hydrogens is 256 g/mol. The van der Waals surface area contributed by atoms with Gasteiger partial charge in [-0.3, -0.25) is 4.98 Å². The van der Waals surface area contributed by atoms with Crippen LogP contribution in [0.3, 0.4) is 0 Å². The summed E-state index contributed by atoms with van der Waals surface area (Å²) in [5.41, 5.74) is 2.52. The maximum Gasteiger partial charge on any atom is 0.147 e. The van der Waals surface area contributed by atoms with Crippen molar-refractivity contribution >= 4 is 21.8 Å². The molecular formula is C15H16N2O3. The molecule has 0 saturated heterocycles. The van der Waals surface area contributed by atoms with Crippen molar-refractivity contribution in [2.24, 2.45) is 0 Å². The number of benzene rings is 1. The Morgan fingerprint density at radius 1 is 1.30 bits per heavy atom. The lowest BCUT2D eigenvalue weighted by atomic mass is 10.1. The number of aromatic amines is 1. The molecule has 0 unspecified atom stereocenters. The molecule has 2 heterocycles. The Labute approximate surface area is 116 Å². The largest absolute Gasteiger partial charge is 0.494 e. The molecule has 1 aromatic carbocycles. The van der Waals surface area contributed by atoms with Crippen LogP contribution in [0.4, 0.5) is 0 Å². The third-order valence-corrected chi connectivity index (χ3v) is 3.50. The van der Waals surface area contributed by atoms with Gasteiger partial charge in [0.05, 0.1) is 36.5 Å². The van der Waals surface area contributed by atoms with Gasteiger partial charge in [0.15, 0.2) is 0 Å². The number of para-hydroxylation sites is 1. The highest BCUT2D eigenvalue weighted by Gasteiger charge is 2.19. The summed E-state index contributed by atoms with van der Waals surface area (Å²) < 4.78 is 10.7. The summed E-state index contributed by atoms with van der Waals surface area (Å²) in [6.07, 6.45) is 1.20. The Balaban J connectivity index is 2.39. The molecule has 104 valence electrons. The molecule has 0 saturated carbocycles. The van der Waals surface area contributed by atoms with E-state index in [4.69, 9.17) is 9.47 Å². The topological polar surface area (TPSA) is 67.4 Å². The Kier molecular flexibility index (Phi) is 3.30. The number of H-pyrrole nitrogens is 1. The minimum absolute atomic E-state index is 0.125. The van der Waals surface area contributed by atoms with Crippen molar-refractivity contribution in [3.05, 3.63) is 36.2 Å². The van der Waals surface area contributed by atoms with E-state index in [0.29, 0.717) is 11.4 Å². The predicted molar refractivity (Wildman–Crippen MR) is 77.0 cm³/mol. The molecule has 2 N–H and O–H groups in total. The van der Waals surface area contributed by atoms with Gasteiger partial charge >= 0.3 is 0 Å². The predicted octanol–water partition coefficient (Wildman–Crippen LogP) is 2.40. The summed E-state index contributed by atoms with van der Waals surface area (Å²) in [6.45, 7) is -0.125. The van der Waals surface area contributed by atoms with Gasteiger partial charge < -0.3 is 19.6 Å². The number of ether oxygens (including phenoxy) is 2. The van der Waals surface area contributed by atoms with Crippen LogP contribution in [0.25, 0.3) is 21.8 Å². The van der Waals surface area contributed by atoms with Crippen LogP contribution in [-0.4, -0.2) is 35.9 Å². The van der Waals surface area contributed by atoms with Gasteiger partial charge in [0.25, 0.3) is 0 Å². The number of nitrogens with zero attached hydrogens (tertiary/aromatic N) is 1. The van der Waals surface area contributed by atoms with E-state index in [-0.39, 0.29) is 6.61 Å². The number of hydrogen-bond acceptors (Lipinski definition) is 4. The summed E-state index contributed by atoms with van der Waals surface area (Å²) in [4.78, 5) is 7.71. The van der Waals surface area contributed by atoms with Gasteiger partial charge in [0.2, 0.25) is 0 Å². The maximum atomic E-state index is 9.43. The van der Waals surface area contributed by atoms with Gasteiger partial charge in [-0.2, -0.15) is 0 Å². The molecule has 1 atom stereocenters. The fourth-order valence-electron chi connectivity index (χ4n) is 2.52. The van der Waals surface area contributed by atoms with E-state index in [1.807, 2.05) is 24.3 Å². The first kappa shape index (κ1) is 12.9. The zero-order chi connectivity index (χ0) is 14.1. The van der Waals surface area contributed by atoms with Crippen LogP contribution >= 0.6 is 0 Å². The second-order valence-corrected chi connectivity index (χ2v) is 4.54. The third kappa shape index (κ3) is 1.83. The number of aliphatic hydroxyl groups excluding tert-OH is 1. The van der Waals surface area contributed by atoms with E-state index in [0.717, 1.165) is 21.8 Å². The van der Waals surface area contributed by atoms with Crippen molar-refractivity contribution < 1.29 is 14.6 Å². The van der Waals surface area contributed by atoms with Gasteiger partial charge in [-0.25, -0.2) is 0 Å². The number of nitrogens with one attached hydrogen (secondary N) is 1. The Morgan fingerprint density at radius 3 is 2.80 bits per heavy atom. The minimum atomic E-state index is -0.462. The van der Waals surface area contributed by atoms with Crippen LogP contribution in [0, 0.1) is 0 Å². The first-order chi connectivity index (χ1) is 9.80. The average molecular weight is 272 g/mol. The number of pyridine rings is 1. The number of aromatic nitrogens is 2. The lowest BCUT2D eigenvalue weighted by Crippen LogP contribution is -2.09. The molecule has 0 spiro atoms. The van der Waals surface area contributed by atoms with Gasteiger partial charge in [0, 0.05) is 18.0 Å². The number of fused-ring (bicyclic) bond motifs is 3. The third-order valence-electron chi connectivity index (χ3n) is 3.50. The fraction of sp³-hybridized carbons (Fsp3) is 0.267. The van der Waals surface area contributed by atoms with Crippen LogP contribution in [-0.2, 0) is 4.74 Å². The summed E-state index contributed by atoms with van der Waals surface area (Å²) >= 11 is 0. The molecule has 20 heavy (non-hydrogen) atoms. The molecule has 3 rings (SSSR count). The number of methoxy groups -OCH3 is 2. The van der Waals surface area contributed by atoms with Crippen molar-refractivity contribution in [1.29, 1.82) is 0 Å². The fourth-order valence-corrected chi connectivity index (χ4v) is 2.52. The molecule has 0 amide bonds. The normalized spacial score (nSPS) is 12.9. The Hall–Kier alpha value is -2.11. The number of hydrogen-bond donors (Lipinski definition) is 2. The van der Waals surface area contributed by atoms with E-state index < -0.39 is 6.10 Å². The Bertz CT molecular complexity index is 747. The Morgan fingerprint density at radius 2 is 2.10 bits per heavy atom. The van der Waals surface area contributed by atoms with Crippen LogP contribution in [0.5, 0.6) is 5.75 Å². The molecule has 0 fully saturated rings. The van der Waals surface area contributed by atoms with E-state index in [1.54, 1.807) is 20.4 Å². The monoisotopic (exact) mass is 272 g/mol. The van der Waals surface area contributed by atoms with E-state index in [9.17, 15) is 5.11 Å². The highest BCUT2D eigenvalue weighted by molar-refractivity contribution is 6.11. The van der Waals surface area contributed by atoms with Gasteiger partial charge in [-0.05, 0) is 6.07 Å². The quantitative estimate of drug-likeness (QED) is 0.765. The molecule has 2 aromatic heterocycles. The van der Waals surface area contributed by atoms with Gasteiger partial charge in [-0.1, -0.05) is 18.2 Å². The van der Waals surface area contributed by atoms with E-state index >= 15 is 0 Å². The average Bonchev–Trinajstić information content (AvgIpc) is 2.88. The first-order valence-electron chi connectivity index (χ1n) is 6.37.